The van der Waals surface area contributed by atoms with Crippen molar-refractivity contribution < 1.29 is 24.1 Å². The Morgan fingerprint density at radius 2 is 2.18 bits per heavy atom. The Bertz CT molecular complexity index is 268. The molecule has 5 heteroatoms. The van der Waals surface area contributed by atoms with Gasteiger partial charge in [-0.25, -0.2) is 4.79 Å². The predicted octanol–water partition coefficient (Wildman–Crippen LogP) is 1.58. The topological polar surface area (TPSA) is 65.0 Å². The Morgan fingerprint density at radius 3 is 2.76 bits per heavy atom. The van der Waals surface area contributed by atoms with Crippen LogP contribution in [0.2, 0.25) is 0 Å². The van der Waals surface area contributed by atoms with E-state index in [0.29, 0.717) is 38.2 Å². The van der Waals surface area contributed by atoms with Crippen molar-refractivity contribution in [3.63, 3.8) is 0 Å². The second-order valence-corrected chi connectivity index (χ2v) is 4.07. The van der Waals surface area contributed by atoms with Crippen LogP contribution < -0.4 is 0 Å². The van der Waals surface area contributed by atoms with Crippen LogP contribution in [0.3, 0.4) is 0 Å². The van der Waals surface area contributed by atoms with Gasteiger partial charge in [-0.3, -0.25) is 0 Å². The summed E-state index contributed by atoms with van der Waals surface area (Å²) in [6.45, 7) is 5.35. The molecule has 0 spiro atoms. The van der Waals surface area contributed by atoms with Crippen LogP contribution in [0.25, 0.3) is 0 Å². The molecule has 98 valence electrons. The monoisotopic (exact) mass is 244 g/mol. The summed E-state index contributed by atoms with van der Waals surface area (Å²) >= 11 is 0. The van der Waals surface area contributed by atoms with Crippen LogP contribution in [0.15, 0.2) is 11.6 Å². The van der Waals surface area contributed by atoms with Crippen molar-refractivity contribution in [3.05, 3.63) is 11.6 Å². The predicted molar refractivity (Wildman–Crippen MR) is 61.7 cm³/mol. The first-order valence-electron chi connectivity index (χ1n) is 5.84. The largest absolute Gasteiger partial charge is 0.478 e. The molecule has 0 saturated carbocycles. The van der Waals surface area contributed by atoms with Gasteiger partial charge in [0.25, 0.3) is 0 Å². The van der Waals surface area contributed by atoms with Gasteiger partial charge in [-0.2, -0.15) is 0 Å². The van der Waals surface area contributed by atoms with Gasteiger partial charge in [-0.1, -0.05) is 6.08 Å². The Kier molecular flexibility index (Phi) is 6.18. The summed E-state index contributed by atoms with van der Waals surface area (Å²) in [6.07, 6.45) is 2.88. The van der Waals surface area contributed by atoms with E-state index in [9.17, 15) is 4.79 Å². The molecule has 0 aliphatic carbocycles. The Hall–Kier alpha value is -0.910. The molecule has 1 atom stereocenters. The summed E-state index contributed by atoms with van der Waals surface area (Å²) in [6, 6.07) is 0. The number of ether oxygens (including phenoxy) is 3. The minimum atomic E-state index is -0.884. The number of hydrogen-bond acceptors (Lipinski definition) is 4. The smallest absolute Gasteiger partial charge is 0.330 e. The van der Waals surface area contributed by atoms with Crippen LogP contribution in [0, 0.1) is 0 Å². The lowest BCUT2D eigenvalue weighted by atomic mass is 10.2. The normalized spacial score (nSPS) is 19.5. The van der Waals surface area contributed by atoms with Gasteiger partial charge in [-0.15, -0.1) is 0 Å². The second kappa shape index (κ2) is 7.42. The van der Waals surface area contributed by atoms with Crippen molar-refractivity contribution in [1.82, 2.24) is 0 Å². The zero-order chi connectivity index (χ0) is 12.7. The zero-order valence-electron chi connectivity index (χ0n) is 10.3. The lowest BCUT2D eigenvalue weighted by Gasteiger charge is -2.16. The summed E-state index contributed by atoms with van der Waals surface area (Å²) < 4.78 is 16.2. The van der Waals surface area contributed by atoms with E-state index in [-0.39, 0.29) is 12.4 Å². The quantitative estimate of drug-likeness (QED) is 0.544. The molecule has 1 N–H and O–H groups in total. The summed E-state index contributed by atoms with van der Waals surface area (Å²) in [4.78, 5) is 10.5. The maximum absolute atomic E-state index is 10.5. The first-order valence-corrected chi connectivity index (χ1v) is 5.84. The number of hydrogen-bond donors (Lipinski definition) is 1. The van der Waals surface area contributed by atoms with Crippen molar-refractivity contribution in [3.8, 4) is 0 Å². The standard InChI is InChI=1S/C12H20O5/c1-9(12(13)14)4-3-5-15-10(2)8-11-16-6-7-17-11/h4,10-11H,3,5-8H2,1-2H3,(H,13,14)/b9-4+. The third kappa shape index (κ3) is 5.81. The fraction of sp³-hybridized carbons (Fsp3) is 0.750. The zero-order valence-corrected chi connectivity index (χ0v) is 10.3. The molecule has 1 aliphatic rings. The van der Waals surface area contributed by atoms with Crippen LogP contribution in [-0.2, 0) is 19.0 Å². The van der Waals surface area contributed by atoms with Gasteiger partial charge < -0.3 is 19.3 Å². The Morgan fingerprint density at radius 1 is 1.53 bits per heavy atom. The van der Waals surface area contributed by atoms with E-state index in [1.165, 1.54) is 0 Å². The summed E-state index contributed by atoms with van der Waals surface area (Å²) in [7, 11) is 0. The van der Waals surface area contributed by atoms with E-state index in [0.717, 1.165) is 0 Å². The lowest BCUT2D eigenvalue weighted by molar-refractivity contribution is -0.132. The van der Waals surface area contributed by atoms with Crippen LogP contribution in [-0.4, -0.2) is 43.3 Å². The van der Waals surface area contributed by atoms with E-state index >= 15 is 0 Å². The molecule has 0 aromatic rings. The molecule has 1 aliphatic heterocycles. The minimum Gasteiger partial charge on any atom is -0.478 e. The minimum absolute atomic E-state index is 0.0524. The van der Waals surface area contributed by atoms with Crippen molar-refractivity contribution in [2.45, 2.75) is 39.1 Å². The lowest BCUT2D eigenvalue weighted by Crippen LogP contribution is -2.19. The van der Waals surface area contributed by atoms with Gasteiger partial charge in [0.2, 0.25) is 0 Å². The highest BCUT2D eigenvalue weighted by atomic mass is 16.7. The van der Waals surface area contributed by atoms with Gasteiger partial charge in [0, 0.05) is 12.0 Å². The molecule has 1 rings (SSSR count). The molecule has 1 fully saturated rings. The average molecular weight is 244 g/mol. The van der Waals surface area contributed by atoms with Crippen molar-refractivity contribution >= 4 is 5.97 Å². The first-order chi connectivity index (χ1) is 8.09. The molecule has 1 unspecified atom stereocenters. The van der Waals surface area contributed by atoms with Crippen LogP contribution in [0.1, 0.15) is 26.7 Å². The molecule has 1 saturated heterocycles. The SMILES string of the molecule is C/C(=C\CCOC(C)CC1OCCO1)C(=O)O. The second-order valence-electron chi connectivity index (χ2n) is 4.07. The molecular weight excluding hydrogens is 224 g/mol. The van der Waals surface area contributed by atoms with Gasteiger partial charge >= 0.3 is 5.97 Å². The molecule has 0 bridgehead atoms. The van der Waals surface area contributed by atoms with Crippen molar-refractivity contribution in [2.24, 2.45) is 0 Å². The van der Waals surface area contributed by atoms with Crippen LogP contribution in [0.4, 0.5) is 0 Å². The number of rotatable bonds is 7. The van der Waals surface area contributed by atoms with Gasteiger partial charge in [0.05, 0.1) is 25.9 Å². The molecule has 17 heavy (non-hydrogen) atoms. The number of aliphatic carboxylic acids is 1. The highest BCUT2D eigenvalue weighted by molar-refractivity contribution is 5.85. The molecule has 0 aromatic carbocycles. The van der Waals surface area contributed by atoms with E-state index in [2.05, 4.69) is 0 Å². The third-order valence-electron chi connectivity index (χ3n) is 2.52. The van der Waals surface area contributed by atoms with E-state index in [1.54, 1.807) is 13.0 Å². The Balaban J connectivity index is 2.09. The maximum Gasteiger partial charge on any atom is 0.330 e. The number of carbonyl (C=O) groups is 1. The number of carboxylic acids is 1. The Labute approximate surface area is 101 Å². The van der Waals surface area contributed by atoms with E-state index in [1.807, 2.05) is 6.92 Å². The highest BCUT2D eigenvalue weighted by Crippen LogP contribution is 2.12. The number of carboxylic acid groups (broad SMARTS) is 1. The highest BCUT2D eigenvalue weighted by Gasteiger charge is 2.18. The summed E-state index contributed by atoms with van der Waals surface area (Å²) in [5.74, 6) is -0.884. The van der Waals surface area contributed by atoms with Crippen molar-refractivity contribution in [1.29, 1.82) is 0 Å². The van der Waals surface area contributed by atoms with Gasteiger partial charge in [-0.05, 0) is 20.3 Å². The van der Waals surface area contributed by atoms with E-state index < -0.39 is 5.97 Å². The van der Waals surface area contributed by atoms with E-state index in [4.69, 9.17) is 19.3 Å². The molecule has 0 amide bonds. The van der Waals surface area contributed by atoms with Crippen LogP contribution in [0.5, 0.6) is 0 Å². The maximum atomic E-state index is 10.5. The third-order valence-corrected chi connectivity index (χ3v) is 2.52. The molecule has 0 radical (unpaired) electrons. The molecule has 5 nitrogen and oxygen atoms in total. The summed E-state index contributed by atoms with van der Waals surface area (Å²) in [5.41, 5.74) is 0.351. The average Bonchev–Trinajstić information content (AvgIpc) is 2.76. The van der Waals surface area contributed by atoms with Gasteiger partial charge in [0.1, 0.15) is 0 Å². The fourth-order valence-corrected chi connectivity index (χ4v) is 1.51. The van der Waals surface area contributed by atoms with Crippen molar-refractivity contribution in [2.75, 3.05) is 19.8 Å². The summed E-state index contributed by atoms with van der Waals surface area (Å²) in [5, 5.41) is 8.64. The first kappa shape index (κ1) is 14.2. The fourth-order valence-electron chi connectivity index (χ4n) is 1.51. The molecule has 0 aromatic heterocycles. The van der Waals surface area contributed by atoms with Crippen LogP contribution >= 0.6 is 0 Å². The van der Waals surface area contributed by atoms with Gasteiger partial charge in [0.15, 0.2) is 6.29 Å². The molecular formula is C12H20O5. The molecule has 1 heterocycles.